The molecule has 76 valence electrons. The van der Waals surface area contributed by atoms with Crippen LogP contribution >= 0.6 is 0 Å². The van der Waals surface area contributed by atoms with Crippen LogP contribution in [-0.2, 0) is 13.3 Å². The first-order valence-electron chi connectivity index (χ1n) is 4.60. The van der Waals surface area contributed by atoms with Crippen molar-refractivity contribution >= 4 is 8.80 Å². The molecule has 0 radical (unpaired) electrons. The van der Waals surface area contributed by atoms with E-state index < -0.39 is 8.80 Å². The van der Waals surface area contributed by atoms with Gasteiger partial charge in [0.15, 0.2) is 0 Å². The Labute approximate surface area is 81.7 Å². The number of hydrogen-bond acceptors (Lipinski definition) is 3. The van der Waals surface area contributed by atoms with Crippen molar-refractivity contribution in [1.29, 1.82) is 0 Å². The Morgan fingerprint density at radius 3 is 1.62 bits per heavy atom. The Kier molecular flexibility index (Phi) is 6.91. The third-order valence-electron chi connectivity index (χ3n) is 1.41. The van der Waals surface area contributed by atoms with E-state index in [1.165, 1.54) is 0 Å². The minimum Gasteiger partial charge on any atom is -0.373 e. The lowest BCUT2D eigenvalue weighted by Gasteiger charge is -2.26. The molecule has 0 N–H and O–H groups in total. The van der Waals surface area contributed by atoms with Crippen LogP contribution in [0.1, 0.15) is 20.8 Å². The maximum atomic E-state index is 5.50. The van der Waals surface area contributed by atoms with Gasteiger partial charge in [0.05, 0.1) is 6.04 Å². The second-order valence-electron chi connectivity index (χ2n) is 2.36. The standard InChI is InChI=1S/C9H18O3Si/c1-5-9-13(10-6-2,11-7-3)12-8-4/h1H,6-9H2,2-4H3. The Balaban J connectivity index is 4.29. The molecule has 0 spiro atoms. The largest absolute Gasteiger partial charge is 0.513 e. The lowest BCUT2D eigenvalue weighted by molar-refractivity contribution is 0.0748. The molecule has 0 aromatic heterocycles. The average molecular weight is 202 g/mol. The van der Waals surface area contributed by atoms with Crippen molar-refractivity contribution in [2.75, 3.05) is 19.8 Å². The second kappa shape index (κ2) is 7.10. The fourth-order valence-corrected chi connectivity index (χ4v) is 3.19. The van der Waals surface area contributed by atoms with Gasteiger partial charge in [-0.2, -0.15) is 0 Å². The van der Waals surface area contributed by atoms with Crippen LogP contribution in [0.25, 0.3) is 0 Å². The van der Waals surface area contributed by atoms with E-state index in [-0.39, 0.29) is 0 Å². The molecule has 13 heavy (non-hydrogen) atoms. The van der Waals surface area contributed by atoms with Gasteiger partial charge in [-0.05, 0) is 20.8 Å². The van der Waals surface area contributed by atoms with Crippen molar-refractivity contribution in [2.45, 2.75) is 26.8 Å². The lowest BCUT2D eigenvalue weighted by atomic mass is 10.8. The maximum absolute atomic E-state index is 5.50. The molecule has 0 aliphatic rings. The molecule has 0 saturated heterocycles. The summed E-state index contributed by atoms with van der Waals surface area (Å²) < 4.78 is 16.5. The molecular weight excluding hydrogens is 184 g/mol. The monoisotopic (exact) mass is 202 g/mol. The summed E-state index contributed by atoms with van der Waals surface area (Å²) >= 11 is 0. The van der Waals surface area contributed by atoms with Crippen LogP contribution in [0, 0.1) is 12.3 Å². The molecule has 0 bridgehead atoms. The third kappa shape index (κ3) is 4.43. The number of rotatable bonds is 7. The molecule has 0 rings (SSSR count). The van der Waals surface area contributed by atoms with E-state index in [0.717, 1.165) is 0 Å². The molecule has 0 fully saturated rings. The van der Waals surface area contributed by atoms with Crippen molar-refractivity contribution in [3.8, 4) is 12.3 Å². The van der Waals surface area contributed by atoms with Crippen molar-refractivity contribution in [3.63, 3.8) is 0 Å². The second-order valence-corrected chi connectivity index (χ2v) is 4.95. The fraction of sp³-hybridized carbons (Fsp3) is 0.778. The van der Waals surface area contributed by atoms with Gasteiger partial charge in [-0.3, -0.25) is 0 Å². The highest BCUT2D eigenvalue weighted by Crippen LogP contribution is 2.14. The predicted octanol–water partition coefficient (Wildman–Crippen LogP) is 1.67. The minimum absolute atomic E-state index is 0.447. The van der Waals surface area contributed by atoms with Crippen LogP contribution in [0.3, 0.4) is 0 Å². The number of hydrogen-bond donors (Lipinski definition) is 0. The Hall–Kier alpha value is -0.343. The van der Waals surface area contributed by atoms with Crippen molar-refractivity contribution < 1.29 is 13.3 Å². The van der Waals surface area contributed by atoms with Gasteiger partial charge in [0.25, 0.3) is 0 Å². The van der Waals surface area contributed by atoms with Gasteiger partial charge in [0, 0.05) is 19.8 Å². The molecule has 0 aliphatic carbocycles. The van der Waals surface area contributed by atoms with E-state index in [4.69, 9.17) is 19.7 Å². The van der Waals surface area contributed by atoms with Crippen LogP contribution in [0.5, 0.6) is 0 Å². The van der Waals surface area contributed by atoms with E-state index in [1.54, 1.807) is 0 Å². The molecule has 0 aromatic rings. The Morgan fingerprint density at radius 2 is 1.38 bits per heavy atom. The van der Waals surface area contributed by atoms with Gasteiger partial charge in [0.2, 0.25) is 0 Å². The van der Waals surface area contributed by atoms with E-state index in [1.807, 2.05) is 20.8 Å². The van der Waals surface area contributed by atoms with Crippen LogP contribution in [0.4, 0.5) is 0 Å². The summed E-state index contributed by atoms with van der Waals surface area (Å²) in [4.78, 5) is 0. The van der Waals surface area contributed by atoms with Gasteiger partial charge < -0.3 is 13.3 Å². The van der Waals surface area contributed by atoms with E-state index in [9.17, 15) is 0 Å². The third-order valence-corrected chi connectivity index (χ3v) is 4.23. The van der Waals surface area contributed by atoms with Crippen LogP contribution in [0.2, 0.25) is 6.04 Å². The molecule has 0 unspecified atom stereocenters. The molecule has 0 aliphatic heterocycles. The highest BCUT2D eigenvalue weighted by Gasteiger charge is 2.39. The quantitative estimate of drug-likeness (QED) is 0.464. The molecule has 4 heteroatoms. The topological polar surface area (TPSA) is 27.7 Å². The molecule has 3 nitrogen and oxygen atoms in total. The summed E-state index contributed by atoms with van der Waals surface area (Å²) in [6.07, 6.45) is 5.25. The molecule has 0 amide bonds. The van der Waals surface area contributed by atoms with Crippen molar-refractivity contribution in [1.82, 2.24) is 0 Å². The summed E-state index contributed by atoms with van der Waals surface area (Å²) in [5, 5.41) is 0. The number of terminal acetylenes is 1. The first kappa shape index (κ1) is 12.7. The lowest BCUT2D eigenvalue weighted by Crippen LogP contribution is -2.45. The highest BCUT2D eigenvalue weighted by molar-refractivity contribution is 6.61. The minimum atomic E-state index is -2.53. The summed E-state index contributed by atoms with van der Waals surface area (Å²) in [5.41, 5.74) is 0. The van der Waals surface area contributed by atoms with Crippen LogP contribution in [0.15, 0.2) is 0 Å². The SMILES string of the molecule is C#CC[Si](OCC)(OCC)OCC. The normalized spacial score (nSPS) is 11.2. The zero-order chi connectivity index (χ0) is 10.2. The maximum Gasteiger partial charge on any atom is 0.513 e. The van der Waals surface area contributed by atoms with E-state index in [0.29, 0.717) is 25.9 Å². The Morgan fingerprint density at radius 1 is 1.00 bits per heavy atom. The van der Waals surface area contributed by atoms with E-state index in [2.05, 4.69) is 5.92 Å². The van der Waals surface area contributed by atoms with Gasteiger partial charge in [-0.15, -0.1) is 12.3 Å². The zero-order valence-electron chi connectivity index (χ0n) is 8.63. The highest BCUT2D eigenvalue weighted by atomic mass is 28.4. The van der Waals surface area contributed by atoms with E-state index >= 15 is 0 Å². The van der Waals surface area contributed by atoms with Gasteiger partial charge in [-0.25, -0.2) is 0 Å². The summed E-state index contributed by atoms with van der Waals surface area (Å²) in [7, 11) is -2.53. The zero-order valence-corrected chi connectivity index (χ0v) is 9.63. The average Bonchev–Trinajstić information content (AvgIpc) is 2.06. The van der Waals surface area contributed by atoms with Crippen LogP contribution < -0.4 is 0 Å². The molecule has 0 atom stereocenters. The smallest absolute Gasteiger partial charge is 0.373 e. The Bertz CT molecular complexity index is 148. The van der Waals surface area contributed by atoms with Gasteiger partial charge in [-0.1, -0.05) is 0 Å². The van der Waals surface area contributed by atoms with Crippen molar-refractivity contribution in [2.24, 2.45) is 0 Å². The summed E-state index contributed by atoms with van der Waals surface area (Å²) in [6.45, 7) is 7.47. The molecule has 0 heterocycles. The predicted molar refractivity (Wildman–Crippen MR) is 54.3 cm³/mol. The summed E-state index contributed by atoms with van der Waals surface area (Å²) in [6, 6.07) is 0.447. The van der Waals surface area contributed by atoms with Crippen LogP contribution in [-0.4, -0.2) is 28.6 Å². The molecule has 0 saturated carbocycles. The first-order valence-corrected chi connectivity index (χ1v) is 6.53. The fourth-order valence-electron chi connectivity index (χ4n) is 1.06. The van der Waals surface area contributed by atoms with Gasteiger partial charge >= 0.3 is 8.80 Å². The first-order chi connectivity index (χ1) is 6.24. The summed E-state index contributed by atoms with van der Waals surface area (Å²) in [5.74, 6) is 2.55. The molecule has 0 aromatic carbocycles. The van der Waals surface area contributed by atoms with Gasteiger partial charge in [0.1, 0.15) is 0 Å². The molecular formula is C9H18O3Si. The van der Waals surface area contributed by atoms with Crippen molar-refractivity contribution in [3.05, 3.63) is 0 Å².